The topological polar surface area (TPSA) is 71.0 Å². The van der Waals surface area contributed by atoms with Gasteiger partial charge in [0.25, 0.3) is 5.91 Å². The standard InChI is InChI=1S/C22H25N3O3S2/c1-21(2,3)28-20(27)25-13-16-12-23-19(24-18(26)15-8-5-4-6-9-15)30-22(16,14-25)17-10-7-11-29-17/h4-11,16H,12-14H2,1-3H3,(H,23,24,26)/t16-,22-/m0/s1. The molecule has 4 rings (SSSR count). The Bertz CT molecular complexity index is 954. The van der Waals surface area contributed by atoms with Crippen molar-refractivity contribution in [2.75, 3.05) is 19.6 Å². The minimum atomic E-state index is -0.542. The van der Waals surface area contributed by atoms with Crippen LogP contribution in [0.4, 0.5) is 4.79 Å². The van der Waals surface area contributed by atoms with Crippen LogP contribution in [0.5, 0.6) is 0 Å². The summed E-state index contributed by atoms with van der Waals surface area (Å²) in [5.41, 5.74) is 0.0502. The summed E-state index contributed by atoms with van der Waals surface area (Å²) < 4.78 is 5.27. The molecule has 1 aromatic carbocycles. The zero-order chi connectivity index (χ0) is 21.4. The van der Waals surface area contributed by atoms with Crippen LogP contribution in [0.3, 0.4) is 0 Å². The molecule has 6 nitrogen and oxygen atoms in total. The van der Waals surface area contributed by atoms with E-state index < -0.39 is 5.60 Å². The average Bonchev–Trinajstić information content (AvgIpc) is 3.36. The molecule has 1 saturated heterocycles. The third kappa shape index (κ3) is 4.25. The van der Waals surface area contributed by atoms with Crippen LogP contribution in [0.25, 0.3) is 0 Å². The largest absolute Gasteiger partial charge is 0.444 e. The van der Waals surface area contributed by atoms with Gasteiger partial charge in [-0.1, -0.05) is 36.0 Å². The summed E-state index contributed by atoms with van der Waals surface area (Å²) in [6, 6.07) is 13.2. The first-order valence-electron chi connectivity index (χ1n) is 9.89. The molecule has 3 heterocycles. The van der Waals surface area contributed by atoms with E-state index in [1.165, 1.54) is 4.88 Å². The molecule has 0 spiro atoms. The van der Waals surface area contributed by atoms with E-state index in [-0.39, 0.29) is 22.7 Å². The number of thioether (sulfide) groups is 1. The van der Waals surface area contributed by atoms with Crippen LogP contribution < -0.4 is 5.32 Å². The Morgan fingerprint density at radius 3 is 2.63 bits per heavy atom. The number of fused-ring (bicyclic) bond motifs is 1. The highest BCUT2D eigenvalue weighted by molar-refractivity contribution is 8.14. The second-order valence-corrected chi connectivity index (χ2v) is 10.8. The molecule has 8 heteroatoms. The molecule has 2 amide bonds. The first-order chi connectivity index (χ1) is 14.3. The van der Waals surface area contributed by atoms with E-state index >= 15 is 0 Å². The third-order valence-electron chi connectivity index (χ3n) is 5.11. The van der Waals surface area contributed by atoms with Crippen LogP contribution in [0, 0.1) is 5.92 Å². The lowest BCUT2D eigenvalue weighted by atomic mass is 9.93. The minimum absolute atomic E-state index is 0.158. The number of aliphatic imine (C=N–C) groups is 1. The van der Waals surface area contributed by atoms with E-state index in [0.29, 0.717) is 30.4 Å². The van der Waals surface area contributed by atoms with Crippen LogP contribution in [0.15, 0.2) is 52.8 Å². The van der Waals surface area contributed by atoms with Gasteiger partial charge >= 0.3 is 6.09 Å². The second kappa shape index (κ2) is 8.07. The molecule has 158 valence electrons. The van der Waals surface area contributed by atoms with Crippen molar-refractivity contribution in [2.45, 2.75) is 31.1 Å². The van der Waals surface area contributed by atoms with Crippen LogP contribution >= 0.6 is 23.1 Å². The number of likely N-dealkylation sites (tertiary alicyclic amines) is 1. The van der Waals surface area contributed by atoms with Crippen molar-refractivity contribution in [1.82, 2.24) is 10.2 Å². The van der Waals surface area contributed by atoms with Crippen molar-refractivity contribution in [3.05, 3.63) is 58.3 Å². The van der Waals surface area contributed by atoms with E-state index in [0.717, 1.165) is 0 Å². The predicted molar refractivity (Wildman–Crippen MR) is 121 cm³/mol. The van der Waals surface area contributed by atoms with Gasteiger partial charge in [0.1, 0.15) is 5.60 Å². The van der Waals surface area contributed by atoms with E-state index in [1.807, 2.05) is 50.4 Å². The first kappa shape index (κ1) is 20.9. The van der Waals surface area contributed by atoms with Gasteiger partial charge in [-0.15, -0.1) is 11.3 Å². The molecule has 2 aromatic rings. The van der Waals surface area contributed by atoms with Gasteiger partial charge in [0, 0.05) is 36.0 Å². The monoisotopic (exact) mass is 443 g/mol. The lowest BCUT2D eigenvalue weighted by molar-refractivity contribution is 0.0286. The summed E-state index contributed by atoms with van der Waals surface area (Å²) in [6.07, 6.45) is -0.302. The van der Waals surface area contributed by atoms with Crippen LogP contribution in [0.2, 0.25) is 0 Å². The Balaban J connectivity index is 1.56. The van der Waals surface area contributed by atoms with Crippen LogP contribution in [0.1, 0.15) is 36.0 Å². The lowest BCUT2D eigenvalue weighted by Crippen LogP contribution is -2.42. The molecule has 30 heavy (non-hydrogen) atoms. The molecule has 0 radical (unpaired) electrons. The summed E-state index contributed by atoms with van der Waals surface area (Å²) in [5, 5.41) is 5.61. The number of carbonyl (C=O) groups excluding carboxylic acids is 2. The number of thiophene rings is 1. The van der Waals surface area contributed by atoms with Crippen LogP contribution in [-0.4, -0.2) is 47.3 Å². The Morgan fingerprint density at radius 1 is 1.20 bits per heavy atom. The highest BCUT2D eigenvalue weighted by Gasteiger charge is 2.53. The Morgan fingerprint density at radius 2 is 1.97 bits per heavy atom. The fourth-order valence-electron chi connectivity index (χ4n) is 3.75. The molecular weight excluding hydrogens is 418 g/mol. The van der Waals surface area contributed by atoms with Gasteiger partial charge in [0.15, 0.2) is 5.17 Å². The number of nitrogens with one attached hydrogen (secondary N) is 1. The number of amides is 2. The molecule has 1 aromatic heterocycles. The van der Waals surface area contributed by atoms with Crippen molar-refractivity contribution in [2.24, 2.45) is 10.9 Å². The molecule has 1 fully saturated rings. The lowest BCUT2D eigenvalue weighted by Gasteiger charge is -2.35. The summed E-state index contributed by atoms with van der Waals surface area (Å²) >= 11 is 3.22. The molecule has 0 bridgehead atoms. The number of ether oxygens (including phenoxy) is 1. The average molecular weight is 444 g/mol. The molecule has 2 aliphatic heterocycles. The molecule has 1 N–H and O–H groups in total. The number of hydrogen-bond acceptors (Lipinski definition) is 6. The molecular formula is C22H25N3O3S2. The van der Waals surface area contributed by atoms with Gasteiger partial charge in [-0.05, 0) is 44.4 Å². The fourth-order valence-corrected chi connectivity index (χ4v) is 6.24. The fraction of sp³-hybridized carbons (Fsp3) is 0.409. The number of benzene rings is 1. The van der Waals surface area contributed by atoms with E-state index in [9.17, 15) is 9.59 Å². The van der Waals surface area contributed by atoms with E-state index in [4.69, 9.17) is 4.74 Å². The molecule has 0 aliphatic carbocycles. The molecule has 2 aliphatic rings. The molecule has 0 unspecified atom stereocenters. The van der Waals surface area contributed by atoms with Crippen molar-refractivity contribution < 1.29 is 14.3 Å². The number of nitrogens with zero attached hydrogens (tertiary/aromatic N) is 2. The van der Waals surface area contributed by atoms with Gasteiger partial charge in [0.2, 0.25) is 0 Å². The van der Waals surface area contributed by atoms with Gasteiger partial charge < -0.3 is 15.0 Å². The number of amidine groups is 1. The molecule has 2 atom stereocenters. The highest BCUT2D eigenvalue weighted by Crippen LogP contribution is 2.52. The molecule has 0 saturated carbocycles. The maximum absolute atomic E-state index is 12.8. The van der Waals surface area contributed by atoms with Gasteiger partial charge in [0.05, 0.1) is 4.75 Å². The number of hydrogen-bond donors (Lipinski definition) is 1. The van der Waals surface area contributed by atoms with Crippen molar-refractivity contribution >= 4 is 40.3 Å². The Hall–Kier alpha value is -2.32. The predicted octanol–water partition coefficient (Wildman–Crippen LogP) is 4.34. The maximum atomic E-state index is 12.8. The van der Waals surface area contributed by atoms with Crippen molar-refractivity contribution in [3.8, 4) is 0 Å². The van der Waals surface area contributed by atoms with Crippen molar-refractivity contribution in [3.63, 3.8) is 0 Å². The van der Waals surface area contributed by atoms with Gasteiger partial charge in [-0.2, -0.15) is 0 Å². The highest BCUT2D eigenvalue weighted by atomic mass is 32.2. The van der Waals surface area contributed by atoms with Gasteiger partial charge in [-0.3, -0.25) is 9.79 Å². The third-order valence-corrected chi connectivity index (χ3v) is 7.75. The summed E-state index contributed by atoms with van der Waals surface area (Å²) in [5.74, 6) is -0.0188. The SMILES string of the molecule is CC(C)(C)OC(=O)N1C[C@@H]2CN=C(NC(=O)c3ccccc3)S[C@@]2(c2cccs2)C1. The second-order valence-electron chi connectivity index (χ2n) is 8.49. The normalized spacial score (nSPS) is 23.5. The van der Waals surface area contributed by atoms with Crippen molar-refractivity contribution in [1.29, 1.82) is 0 Å². The van der Waals surface area contributed by atoms with Crippen LogP contribution in [-0.2, 0) is 9.48 Å². The van der Waals surface area contributed by atoms with E-state index in [1.54, 1.807) is 40.1 Å². The first-order valence-corrected chi connectivity index (χ1v) is 11.6. The quantitative estimate of drug-likeness (QED) is 0.749. The maximum Gasteiger partial charge on any atom is 0.410 e. The number of rotatable bonds is 2. The van der Waals surface area contributed by atoms with E-state index in [2.05, 4.69) is 16.4 Å². The summed E-state index contributed by atoms with van der Waals surface area (Å²) in [7, 11) is 0. The Labute approximate surface area is 184 Å². The summed E-state index contributed by atoms with van der Waals surface area (Å²) in [4.78, 5) is 33.0. The smallest absolute Gasteiger partial charge is 0.410 e. The zero-order valence-electron chi connectivity index (χ0n) is 17.3. The summed E-state index contributed by atoms with van der Waals surface area (Å²) in [6.45, 7) is 7.28. The zero-order valence-corrected chi connectivity index (χ0v) is 18.9. The van der Waals surface area contributed by atoms with Gasteiger partial charge in [-0.25, -0.2) is 4.79 Å². The number of carbonyl (C=O) groups is 2. The minimum Gasteiger partial charge on any atom is -0.444 e. The Kier molecular flexibility index (Phi) is 5.63.